The van der Waals surface area contributed by atoms with Crippen LogP contribution in [0.25, 0.3) is 0 Å². The lowest BCUT2D eigenvalue weighted by atomic mass is 9.77. The van der Waals surface area contributed by atoms with E-state index in [-0.39, 0.29) is 29.4 Å². The lowest BCUT2D eigenvalue weighted by molar-refractivity contribution is -0.118. The number of allylic oxidation sites excluding steroid dienone is 1. The second kappa shape index (κ2) is 11.6. The summed E-state index contributed by atoms with van der Waals surface area (Å²) in [4.78, 5) is 30.5. The highest BCUT2D eigenvalue weighted by atomic mass is 16.5. The van der Waals surface area contributed by atoms with E-state index in [1.807, 2.05) is 83.8 Å². The van der Waals surface area contributed by atoms with Gasteiger partial charge in [-0.2, -0.15) is 0 Å². The topological polar surface area (TPSA) is 58.6 Å². The number of fused-ring (bicyclic) bond motifs is 1. The molecule has 5 nitrogen and oxygen atoms in total. The number of amides is 1. The number of benzene rings is 4. The fourth-order valence-corrected chi connectivity index (χ4v) is 6.31. The van der Waals surface area contributed by atoms with E-state index in [0.717, 1.165) is 39.5 Å². The molecule has 0 unspecified atom stereocenters. The summed E-state index contributed by atoms with van der Waals surface area (Å²) in [7, 11) is 1.65. The minimum atomic E-state index is -0.555. The molecule has 1 aliphatic heterocycles. The Morgan fingerprint density at radius 2 is 1.49 bits per heavy atom. The van der Waals surface area contributed by atoms with Gasteiger partial charge in [-0.15, -0.1) is 0 Å². The molecule has 218 valence electrons. The standard InChI is InChI=1S/C38H38N2O3/c1-38(2,3)29-18-14-27(15-19-29)37-36-32(23-28(24-34(36)41)26-16-20-30(43-4)21-17-26)39-31-12-8-9-13-33(31)40(37)35(42)22-25-10-6-5-7-11-25/h5-21,28,37,39H,22-24H2,1-4H3/t28-,37-/m1/s1. The van der Waals surface area contributed by atoms with Crippen LogP contribution in [0.3, 0.4) is 0 Å². The average molecular weight is 571 g/mol. The smallest absolute Gasteiger partial charge is 0.232 e. The van der Waals surface area contributed by atoms with E-state index in [1.54, 1.807) is 7.11 Å². The van der Waals surface area contributed by atoms with Crippen molar-refractivity contribution in [2.45, 2.75) is 57.4 Å². The number of hydrogen-bond donors (Lipinski definition) is 1. The molecule has 1 aliphatic carbocycles. The highest BCUT2D eigenvalue weighted by Crippen LogP contribution is 2.48. The molecule has 0 aromatic heterocycles. The first-order chi connectivity index (χ1) is 20.7. The Bertz CT molecular complexity index is 1670. The van der Waals surface area contributed by atoms with E-state index < -0.39 is 6.04 Å². The normalized spacial score (nSPS) is 18.3. The maximum absolute atomic E-state index is 14.4. The number of rotatable bonds is 5. The number of nitrogens with one attached hydrogen (secondary N) is 1. The van der Waals surface area contributed by atoms with Crippen molar-refractivity contribution in [3.63, 3.8) is 0 Å². The third-order valence-corrected chi connectivity index (χ3v) is 8.64. The second-order valence-corrected chi connectivity index (χ2v) is 12.5. The van der Waals surface area contributed by atoms with E-state index >= 15 is 0 Å². The number of anilines is 2. The Hall–Kier alpha value is -4.64. The number of nitrogens with zero attached hydrogens (tertiary/aromatic N) is 1. The molecule has 4 aromatic rings. The Morgan fingerprint density at radius 1 is 0.837 bits per heavy atom. The number of methoxy groups -OCH3 is 1. The molecule has 0 saturated carbocycles. The summed E-state index contributed by atoms with van der Waals surface area (Å²) in [5.74, 6) is 0.819. The van der Waals surface area contributed by atoms with Crippen LogP contribution in [0, 0.1) is 0 Å². The zero-order valence-electron chi connectivity index (χ0n) is 25.3. The van der Waals surface area contributed by atoms with Crippen LogP contribution in [0.4, 0.5) is 11.4 Å². The van der Waals surface area contributed by atoms with Gasteiger partial charge in [-0.3, -0.25) is 14.5 Å². The van der Waals surface area contributed by atoms with Gasteiger partial charge in [0.25, 0.3) is 0 Å². The number of ether oxygens (including phenoxy) is 1. The first kappa shape index (κ1) is 28.5. The van der Waals surface area contributed by atoms with Gasteiger partial charge in [-0.25, -0.2) is 0 Å². The fraction of sp³-hybridized carbons (Fsp3) is 0.263. The number of Topliss-reactive ketones (excluding diaryl/α,β-unsaturated/α-hetero) is 1. The lowest BCUT2D eigenvalue weighted by Crippen LogP contribution is -2.39. The first-order valence-corrected chi connectivity index (χ1v) is 15.0. The Labute approximate surface area is 254 Å². The number of carbonyl (C=O) groups excluding carboxylic acids is 2. The summed E-state index contributed by atoms with van der Waals surface area (Å²) < 4.78 is 5.36. The van der Waals surface area contributed by atoms with E-state index in [4.69, 9.17) is 4.74 Å². The Morgan fingerprint density at radius 3 is 2.16 bits per heavy atom. The lowest BCUT2D eigenvalue weighted by Gasteiger charge is -2.35. The monoisotopic (exact) mass is 570 g/mol. The molecular formula is C38H38N2O3. The van der Waals surface area contributed by atoms with Crippen molar-refractivity contribution in [2.24, 2.45) is 0 Å². The Kier molecular flexibility index (Phi) is 7.66. The molecule has 0 spiro atoms. The Balaban J connectivity index is 1.50. The zero-order valence-corrected chi connectivity index (χ0v) is 25.3. The van der Waals surface area contributed by atoms with Crippen molar-refractivity contribution in [1.29, 1.82) is 0 Å². The van der Waals surface area contributed by atoms with Gasteiger partial charge >= 0.3 is 0 Å². The van der Waals surface area contributed by atoms with Crippen molar-refractivity contribution in [2.75, 3.05) is 17.3 Å². The van der Waals surface area contributed by atoms with Crippen LogP contribution in [-0.4, -0.2) is 18.8 Å². The molecule has 2 aliphatic rings. The molecule has 2 atom stereocenters. The van der Waals surface area contributed by atoms with Gasteiger partial charge in [0.2, 0.25) is 5.91 Å². The maximum Gasteiger partial charge on any atom is 0.232 e. The summed E-state index contributed by atoms with van der Waals surface area (Å²) in [5.41, 5.74) is 7.30. The quantitative estimate of drug-likeness (QED) is 0.263. The molecule has 0 saturated heterocycles. The molecule has 5 heteroatoms. The summed E-state index contributed by atoms with van der Waals surface area (Å²) >= 11 is 0. The summed E-state index contributed by atoms with van der Waals surface area (Å²) in [5, 5.41) is 3.64. The minimum Gasteiger partial charge on any atom is -0.497 e. The number of carbonyl (C=O) groups is 2. The molecule has 0 bridgehead atoms. The molecule has 4 aromatic carbocycles. The van der Waals surface area contributed by atoms with Crippen LogP contribution < -0.4 is 15.0 Å². The van der Waals surface area contributed by atoms with Crippen molar-refractivity contribution < 1.29 is 14.3 Å². The van der Waals surface area contributed by atoms with Crippen LogP contribution >= 0.6 is 0 Å². The van der Waals surface area contributed by atoms with Crippen LogP contribution in [0.1, 0.15) is 67.8 Å². The SMILES string of the molecule is COc1ccc([C@H]2CC(=O)C3=C(C2)Nc2ccccc2N(C(=O)Cc2ccccc2)[C@@H]3c2ccc(C(C)(C)C)cc2)cc1. The number of ketones is 1. The highest BCUT2D eigenvalue weighted by Gasteiger charge is 2.41. The van der Waals surface area contributed by atoms with Crippen LogP contribution in [-0.2, 0) is 21.4 Å². The third kappa shape index (κ3) is 5.72. The first-order valence-electron chi connectivity index (χ1n) is 15.0. The number of para-hydroxylation sites is 2. The van der Waals surface area contributed by atoms with Crippen LogP contribution in [0.5, 0.6) is 5.75 Å². The molecule has 1 amide bonds. The van der Waals surface area contributed by atoms with E-state index in [0.29, 0.717) is 18.4 Å². The van der Waals surface area contributed by atoms with E-state index in [1.165, 1.54) is 5.56 Å². The van der Waals surface area contributed by atoms with Crippen molar-refractivity contribution in [3.05, 3.63) is 137 Å². The van der Waals surface area contributed by atoms with Gasteiger partial charge in [0.1, 0.15) is 5.75 Å². The summed E-state index contributed by atoms with van der Waals surface area (Å²) in [6.45, 7) is 6.57. The van der Waals surface area contributed by atoms with Gasteiger partial charge < -0.3 is 10.1 Å². The van der Waals surface area contributed by atoms with E-state index in [9.17, 15) is 9.59 Å². The molecule has 1 N–H and O–H groups in total. The highest BCUT2D eigenvalue weighted by molar-refractivity contribution is 6.06. The van der Waals surface area contributed by atoms with Gasteiger partial charge in [-0.05, 0) is 64.3 Å². The van der Waals surface area contributed by atoms with Crippen molar-refractivity contribution >= 4 is 23.1 Å². The predicted molar refractivity (Wildman–Crippen MR) is 173 cm³/mol. The molecule has 6 rings (SSSR count). The zero-order chi connectivity index (χ0) is 30.1. The number of hydrogen-bond acceptors (Lipinski definition) is 4. The molecular weight excluding hydrogens is 532 g/mol. The second-order valence-electron chi connectivity index (χ2n) is 12.5. The third-order valence-electron chi connectivity index (χ3n) is 8.64. The van der Waals surface area contributed by atoms with Gasteiger partial charge in [0, 0.05) is 17.7 Å². The van der Waals surface area contributed by atoms with E-state index in [2.05, 4.69) is 50.4 Å². The van der Waals surface area contributed by atoms with Crippen LogP contribution in [0.2, 0.25) is 0 Å². The average Bonchev–Trinajstić information content (AvgIpc) is 3.16. The van der Waals surface area contributed by atoms with Crippen LogP contribution in [0.15, 0.2) is 114 Å². The summed E-state index contributed by atoms with van der Waals surface area (Å²) in [6.07, 6.45) is 1.27. The molecule has 43 heavy (non-hydrogen) atoms. The molecule has 0 fully saturated rings. The molecule has 0 radical (unpaired) electrons. The van der Waals surface area contributed by atoms with Crippen molar-refractivity contribution in [3.8, 4) is 5.75 Å². The summed E-state index contributed by atoms with van der Waals surface area (Å²) in [6, 6.07) is 33.6. The minimum absolute atomic E-state index is 0.0182. The predicted octanol–water partition coefficient (Wildman–Crippen LogP) is 8.14. The molecule has 1 heterocycles. The van der Waals surface area contributed by atoms with Crippen molar-refractivity contribution in [1.82, 2.24) is 0 Å². The largest absolute Gasteiger partial charge is 0.497 e. The van der Waals surface area contributed by atoms with Gasteiger partial charge in [-0.1, -0.05) is 99.6 Å². The van der Waals surface area contributed by atoms with Gasteiger partial charge in [0.15, 0.2) is 5.78 Å². The fourth-order valence-electron chi connectivity index (χ4n) is 6.31. The van der Waals surface area contributed by atoms with Gasteiger partial charge in [0.05, 0.1) is 30.9 Å². The maximum atomic E-state index is 14.4.